The molecule has 3 aliphatic rings. The summed E-state index contributed by atoms with van der Waals surface area (Å²) in [6, 6.07) is 0.305. The summed E-state index contributed by atoms with van der Waals surface area (Å²) in [4.78, 5) is 16.9. The number of ether oxygens (including phenoxy) is 1. The highest BCUT2D eigenvalue weighted by molar-refractivity contribution is 5.79. The molecule has 0 aromatic carbocycles. The van der Waals surface area contributed by atoms with Gasteiger partial charge in [0, 0.05) is 38.1 Å². The van der Waals surface area contributed by atoms with Gasteiger partial charge in [0.2, 0.25) is 5.91 Å². The SMILES string of the molecule is CC1CN(C(=O)C2CCCC(C(F)(F)F)C2)CC1N1CCOCC1. The molecule has 0 spiro atoms. The van der Waals surface area contributed by atoms with Crippen LogP contribution in [0.1, 0.15) is 32.6 Å². The molecule has 2 aliphatic heterocycles. The maximum Gasteiger partial charge on any atom is 0.391 e. The van der Waals surface area contributed by atoms with E-state index in [1.165, 1.54) is 0 Å². The van der Waals surface area contributed by atoms with Crippen molar-refractivity contribution >= 4 is 5.91 Å². The van der Waals surface area contributed by atoms with Gasteiger partial charge >= 0.3 is 6.18 Å². The summed E-state index contributed by atoms with van der Waals surface area (Å²) in [6.45, 7) is 6.61. The van der Waals surface area contributed by atoms with Crippen molar-refractivity contribution in [3.05, 3.63) is 0 Å². The summed E-state index contributed by atoms with van der Waals surface area (Å²) in [7, 11) is 0. The van der Waals surface area contributed by atoms with Gasteiger partial charge in [-0.25, -0.2) is 0 Å². The zero-order valence-electron chi connectivity index (χ0n) is 14.2. The second kappa shape index (κ2) is 7.20. The van der Waals surface area contributed by atoms with E-state index in [1.807, 2.05) is 4.90 Å². The van der Waals surface area contributed by atoms with Gasteiger partial charge in [0.25, 0.3) is 0 Å². The Kier molecular flexibility index (Phi) is 5.39. The van der Waals surface area contributed by atoms with Gasteiger partial charge < -0.3 is 9.64 Å². The first-order valence-electron chi connectivity index (χ1n) is 9.03. The largest absolute Gasteiger partial charge is 0.391 e. The lowest BCUT2D eigenvalue weighted by atomic mass is 9.80. The van der Waals surface area contributed by atoms with E-state index in [4.69, 9.17) is 4.74 Å². The number of morpholine rings is 1. The minimum atomic E-state index is -4.17. The Hall–Kier alpha value is -0.820. The molecule has 0 bridgehead atoms. The fourth-order valence-electron chi connectivity index (χ4n) is 4.48. The van der Waals surface area contributed by atoms with Crippen LogP contribution in [0.2, 0.25) is 0 Å². The van der Waals surface area contributed by atoms with Crippen LogP contribution in [0.15, 0.2) is 0 Å². The first kappa shape index (κ1) is 18.0. The van der Waals surface area contributed by atoms with Gasteiger partial charge in [-0.15, -0.1) is 0 Å². The van der Waals surface area contributed by atoms with Crippen molar-refractivity contribution < 1.29 is 22.7 Å². The molecule has 24 heavy (non-hydrogen) atoms. The number of halogens is 3. The Morgan fingerprint density at radius 2 is 1.83 bits per heavy atom. The van der Waals surface area contributed by atoms with Gasteiger partial charge in [0.1, 0.15) is 0 Å². The van der Waals surface area contributed by atoms with Crippen LogP contribution >= 0.6 is 0 Å². The first-order chi connectivity index (χ1) is 11.4. The third kappa shape index (κ3) is 3.87. The summed E-state index contributed by atoms with van der Waals surface area (Å²) in [5, 5.41) is 0. The van der Waals surface area contributed by atoms with Crippen molar-refractivity contribution in [1.82, 2.24) is 9.80 Å². The molecule has 0 N–H and O–H groups in total. The standard InChI is InChI=1S/C17H27F3N2O2/c1-12-10-22(11-15(12)21-5-7-24-8-6-21)16(23)13-3-2-4-14(9-13)17(18,19)20/h12-15H,2-11H2,1H3. The van der Waals surface area contributed by atoms with Gasteiger partial charge in [0.05, 0.1) is 19.1 Å². The predicted molar refractivity (Wildman–Crippen MR) is 83.4 cm³/mol. The Bertz CT molecular complexity index is 452. The third-order valence-corrected chi connectivity index (χ3v) is 5.89. The molecule has 1 aliphatic carbocycles. The van der Waals surface area contributed by atoms with Gasteiger partial charge in [-0.3, -0.25) is 9.69 Å². The van der Waals surface area contributed by atoms with Crippen molar-refractivity contribution in [3.63, 3.8) is 0 Å². The van der Waals surface area contributed by atoms with E-state index in [1.54, 1.807) is 0 Å². The van der Waals surface area contributed by atoms with Crippen LogP contribution in [-0.2, 0) is 9.53 Å². The molecule has 7 heteroatoms. The number of amides is 1. The summed E-state index contributed by atoms with van der Waals surface area (Å²) in [6.07, 6.45) is -2.95. The number of carbonyl (C=O) groups is 1. The Balaban J connectivity index is 1.59. The summed E-state index contributed by atoms with van der Waals surface area (Å²) in [5.74, 6) is -1.48. The van der Waals surface area contributed by atoms with Crippen LogP contribution in [0.25, 0.3) is 0 Å². The number of nitrogens with zero attached hydrogens (tertiary/aromatic N) is 2. The quantitative estimate of drug-likeness (QED) is 0.769. The number of carbonyl (C=O) groups excluding carboxylic acids is 1. The molecule has 138 valence electrons. The molecular weight excluding hydrogens is 321 g/mol. The van der Waals surface area contributed by atoms with Crippen LogP contribution in [0, 0.1) is 17.8 Å². The maximum atomic E-state index is 13.0. The number of hydrogen-bond acceptors (Lipinski definition) is 3. The Morgan fingerprint density at radius 1 is 1.12 bits per heavy atom. The smallest absolute Gasteiger partial charge is 0.379 e. The Morgan fingerprint density at radius 3 is 2.50 bits per heavy atom. The van der Waals surface area contributed by atoms with Crippen LogP contribution in [-0.4, -0.2) is 67.3 Å². The van der Waals surface area contributed by atoms with Gasteiger partial charge in [-0.1, -0.05) is 13.3 Å². The zero-order chi connectivity index (χ0) is 17.3. The van der Waals surface area contributed by atoms with Gasteiger partial charge in [0.15, 0.2) is 0 Å². The molecule has 0 aromatic rings. The molecular formula is C17H27F3N2O2. The van der Waals surface area contributed by atoms with E-state index in [-0.39, 0.29) is 18.7 Å². The highest BCUT2D eigenvalue weighted by atomic mass is 19.4. The van der Waals surface area contributed by atoms with E-state index >= 15 is 0 Å². The van der Waals surface area contributed by atoms with Crippen LogP contribution in [0.4, 0.5) is 13.2 Å². The minimum Gasteiger partial charge on any atom is -0.379 e. The lowest BCUT2D eigenvalue weighted by Gasteiger charge is -2.34. The lowest BCUT2D eigenvalue weighted by molar-refractivity contribution is -0.187. The average Bonchev–Trinajstić information content (AvgIpc) is 2.96. The van der Waals surface area contributed by atoms with Crippen LogP contribution in [0.5, 0.6) is 0 Å². The van der Waals surface area contributed by atoms with Crippen molar-refractivity contribution in [3.8, 4) is 0 Å². The monoisotopic (exact) mass is 348 g/mol. The van der Waals surface area contributed by atoms with Gasteiger partial charge in [-0.2, -0.15) is 13.2 Å². The summed E-state index contributed by atoms with van der Waals surface area (Å²) in [5.41, 5.74) is 0. The van der Waals surface area contributed by atoms with E-state index in [0.717, 1.165) is 13.1 Å². The molecule has 1 saturated carbocycles. The van der Waals surface area contributed by atoms with Crippen LogP contribution < -0.4 is 0 Å². The highest BCUT2D eigenvalue weighted by Gasteiger charge is 2.45. The lowest BCUT2D eigenvalue weighted by Crippen LogP contribution is -2.47. The van der Waals surface area contributed by atoms with Crippen LogP contribution in [0.3, 0.4) is 0 Å². The third-order valence-electron chi connectivity index (χ3n) is 5.89. The predicted octanol–water partition coefficient (Wildman–Crippen LogP) is 2.53. The summed E-state index contributed by atoms with van der Waals surface area (Å²) < 4.78 is 44.3. The molecule has 4 unspecified atom stereocenters. The number of rotatable bonds is 2. The van der Waals surface area contributed by atoms with Gasteiger partial charge in [-0.05, 0) is 25.2 Å². The molecule has 2 saturated heterocycles. The normalized spacial score (nSPS) is 36.1. The topological polar surface area (TPSA) is 32.8 Å². The number of likely N-dealkylation sites (tertiary alicyclic amines) is 1. The van der Waals surface area contributed by atoms with E-state index in [9.17, 15) is 18.0 Å². The van der Waals surface area contributed by atoms with Crippen molar-refractivity contribution in [2.24, 2.45) is 17.8 Å². The zero-order valence-corrected chi connectivity index (χ0v) is 14.2. The fourth-order valence-corrected chi connectivity index (χ4v) is 4.48. The average molecular weight is 348 g/mol. The number of hydrogen-bond donors (Lipinski definition) is 0. The number of alkyl halides is 3. The molecule has 1 amide bonds. The van der Waals surface area contributed by atoms with Crippen molar-refractivity contribution in [2.75, 3.05) is 39.4 Å². The Labute approximate surface area is 141 Å². The molecule has 2 heterocycles. The molecule has 3 rings (SSSR count). The van der Waals surface area contributed by atoms with E-state index < -0.39 is 18.0 Å². The molecule has 3 fully saturated rings. The second-order valence-corrected chi connectivity index (χ2v) is 7.54. The molecule has 4 atom stereocenters. The summed E-state index contributed by atoms with van der Waals surface area (Å²) >= 11 is 0. The molecule has 4 nitrogen and oxygen atoms in total. The van der Waals surface area contributed by atoms with E-state index in [0.29, 0.717) is 51.1 Å². The van der Waals surface area contributed by atoms with Crippen molar-refractivity contribution in [1.29, 1.82) is 0 Å². The van der Waals surface area contributed by atoms with Crippen molar-refractivity contribution in [2.45, 2.75) is 44.8 Å². The first-order valence-corrected chi connectivity index (χ1v) is 9.03. The second-order valence-electron chi connectivity index (χ2n) is 7.54. The minimum absolute atomic E-state index is 0.0323. The molecule has 0 radical (unpaired) electrons. The maximum absolute atomic E-state index is 13.0. The van der Waals surface area contributed by atoms with E-state index in [2.05, 4.69) is 11.8 Å². The highest BCUT2D eigenvalue weighted by Crippen LogP contribution is 2.41. The molecule has 0 aromatic heterocycles. The fraction of sp³-hybridized carbons (Fsp3) is 0.941.